The summed E-state index contributed by atoms with van der Waals surface area (Å²) in [5.74, 6) is 0.612. The molecular formula is C19H19N3OS. The van der Waals surface area contributed by atoms with E-state index in [9.17, 15) is 4.79 Å². The summed E-state index contributed by atoms with van der Waals surface area (Å²) in [6.45, 7) is 2.02. The van der Waals surface area contributed by atoms with Crippen molar-refractivity contribution in [3.05, 3.63) is 64.0 Å². The quantitative estimate of drug-likeness (QED) is 0.720. The minimum Gasteiger partial charge on any atom is -0.345 e. The largest absolute Gasteiger partial charge is 0.345 e. The summed E-state index contributed by atoms with van der Waals surface area (Å²) in [6, 6.07) is 10.5. The molecule has 2 N–H and O–H groups in total. The molecule has 24 heavy (non-hydrogen) atoms. The summed E-state index contributed by atoms with van der Waals surface area (Å²) in [5, 5.41) is 14.1. The number of hydrogen-bond donors (Lipinski definition) is 2. The maximum atomic E-state index is 12.7. The number of thiophene rings is 1. The molecule has 0 saturated heterocycles. The van der Waals surface area contributed by atoms with Gasteiger partial charge in [0, 0.05) is 10.9 Å². The molecule has 0 aliphatic heterocycles. The van der Waals surface area contributed by atoms with Crippen LogP contribution in [0, 0.1) is 0 Å². The Balaban J connectivity index is 1.52. The number of carbonyl (C=O) groups is 1. The molecule has 1 amide bonds. The molecule has 1 unspecified atom stereocenters. The van der Waals surface area contributed by atoms with Crippen LogP contribution in [0.3, 0.4) is 0 Å². The topological polar surface area (TPSA) is 57.8 Å². The fourth-order valence-corrected chi connectivity index (χ4v) is 3.59. The van der Waals surface area contributed by atoms with Gasteiger partial charge in [0.25, 0.3) is 5.91 Å². The van der Waals surface area contributed by atoms with E-state index in [1.54, 1.807) is 17.5 Å². The number of nitrogens with one attached hydrogen (secondary N) is 2. The Kier molecular flexibility index (Phi) is 3.94. The summed E-state index contributed by atoms with van der Waals surface area (Å²) in [7, 11) is 0. The van der Waals surface area contributed by atoms with Crippen molar-refractivity contribution in [2.45, 2.75) is 31.7 Å². The average Bonchev–Trinajstić information content (AvgIpc) is 3.10. The Bertz CT molecular complexity index is 849. The molecule has 1 fully saturated rings. The van der Waals surface area contributed by atoms with Crippen LogP contribution in [-0.4, -0.2) is 16.1 Å². The molecule has 4 rings (SSSR count). The maximum Gasteiger partial charge on any atom is 0.255 e. The van der Waals surface area contributed by atoms with Gasteiger partial charge in [0.05, 0.1) is 23.5 Å². The standard InChI is InChI=1S/C19H19N3OS/c1-12(14-3-2-4-15(9-14)13-5-6-13)21-19(23)17-10-20-22-18(17)16-7-8-24-11-16/h2-4,7-13H,5-6H2,1H3,(H,20,22)(H,21,23). The number of aromatic nitrogens is 2. The van der Waals surface area contributed by atoms with E-state index in [2.05, 4.69) is 39.8 Å². The van der Waals surface area contributed by atoms with Gasteiger partial charge in [0.1, 0.15) is 0 Å². The first kappa shape index (κ1) is 15.1. The smallest absolute Gasteiger partial charge is 0.255 e. The number of H-pyrrole nitrogens is 1. The van der Waals surface area contributed by atoms with Crippen LogP contribution in [0.25, 0.3) is 11.3 Å². The van der Waals surface area contributed by atoms with Crippen LogP contribution in [0.1, 0.15) is 53.2 Å². The average molecular weight is 337 g/mol. The second kappa shape index (κ2) is 6.24. The Morgan fingerprint density at radius 2 is 2.25 bits per heavy atom. The van der Waals surface area contributed by atoms with Gasteiger partial charge >= 0.3 is 0 Å². The van der Waals surface area contributed by atoms with Crippen molar-refractivity contribution < 1.29 is 4.79 Å². The molecule has 0 radical (unpaired) electrons. The predicted octanol–water partition coefficient (Wildman–Crippen LogP) is 4.51. The zero-order chi connectivity index (χ0) is 16.5. The van der Waals surface area contributed by atoms with Gasteiger partial charge in [-0.3, -0.25) is 9.89 Å². The first-order valence-corrected chi connectivity index (χ1v) is 9.13. The first-order valence-electron chi connectivity index (χ1n) is 8.19. The number of rotatable bonds is 5. The van der Waals surface area contributed by atoms with Gasteiger partial charge in [-0.2, -0.15) is 16.4 Å². The summed E-state index contributed by atoms with van der Waals surface area (Å²) in [4.78, 5) is 12.7. The Morgan fingerprint density at radius 1 is 1.38 bits per heavy atom. The lowest BCUT2D eigenvalue weighted by atomic mass is 10.0. The first-order chi connectivity index (χ1) is 11.7. The van der Waals surface area contributed by atoms with Crippen molar-refractivity contribution >= 4 is 17.2 Å². The summed E-state index contributed by atoms with van der Waals surface area (Å²) >= 11 is 1.60. The van der Waals surface area contributed by atoms with E-state index < -0.39 is 0 Å². The second-order valence-corrected chi connectivity index (χ2v) is 7.09. The molecule has 5 heteroatoms. The van der Waals surface area contributed by atoms with Crippen molar-refractivity contribution in [1.82, 2.24) is 15.5 Å². The summed E-state index contributed by atoms with van der Waals surface area (Å²) in [5.41, 5.74) is 4.88. The highest BCUT2D eigenvalue weighted by Crippen LogP contribution is 2.40. The number of aromatic amines is 1. The van der Waals surface area contributed by atoms with Crippen molar-refractivity contribution in [2.75, 3.05) is 0 Å². The Hall–Kier alpha value is -2.40. The molecule has 2 heterocycles. The summed E-state index contributed by atoms with van der Waals surface area (Å²) in [6.07, 6.45) is 4.15. The van der Waals surface area contributed by atoms with Crippen LogP contribution >= 0.6 is 11.3 Å². The third-order valence-electron chi connectivity index (χ3n) is 4.50. The van der Waals surface area contributed by atoms with Crippen LogP contribution < -0.4 is 5.32 Å². The fraction of sp³-hybridized carbons (Fsp3) is 0.263. The Morgan fingerprint density at radius 3 is 3.00 bits per heavy atom. The maximum absolute atomic E-state index is 12.7. The number of benzene rings is 1. The molecular weight excluding hydrogens is 318 g/mol. The zero-order valence-corrected chi connectivity index (χ0v) is 14.3. The normalized spacial score (nSPS) is 15.2. The Labute approximate surface area is 144 Å². The fourth-order valence-electron chi connectivity index (χ4n) is 2.94. The van der Waals surface area contributed by atoms with Crippen LogP contribution in [-0.2, 0) is 0 Å². The monoisotopic (exact) mass is 337 g/mol. The van der Waals surface area contributed by atoms with E-state index in [0.29, 0.717) is 11.5 Å². The lowest BCUT2D eigenvalue weighted by Gasteiger charge is -2.15. The van der Waals surface area contributed by atoms with E-state index >= 15 is 0 Å². The lowest BCUT2D eigenvalue weighted by Crippen LogP contribution is -2.26. The third kappa shape index (κ3) is 2.99. The molecule has 0 spiro atoms. The molecule has 0 bridgehead atoms. The number of hydrogen-bond acceptors (Lipinski definition) is 3. The van der Waals surface area contributed by atoms with Gasteiger partial charge < -0.3 is 5.32 Å². The number of amides is 1. The van der Waals surface area contributed by atoms with Crippen molar-refractivity contribution in [3.8, 4) is 11.3 Å². The van der Waals surface area contributed by atoms with Crippen LogP contribution in [0.5, 0.6) is 0 Å². The van der Waals surface area contributed by atoms with E-state index in [4.69, 9.17) is 0 Å². The van der Waals surface area contributed by atoms with E-state index in [1.807, 2.05) is 23.8 Å². The molecule has 4 nitrogen and oxygen atoms in total. The van der Waals surface area contributed by atoms with Gasteiger partial charge in [-0.25, -0.2) is 0 Å². The molecule has 1 aromatic carbocycles. The van der Waals surface area contributed by atoms with Crippen molar-refractivity contribution in [3.63, 3.8) is 0 Å². The van der Waals surface area contributed by atoms with Crippen LogP contribution in [0.4, 0.5) is 0 Å². The molecule has 1 aliphatic carbocycles. The van der Waals surface area contributed by atoms with Gasteiger partial charge in [0.2, 0.25) is 0 Å². The SMILES string of the molecule is CC(NC(=O)c1cn[nH]c1-c1ccsc1)c1cccc(C2CC2)c1. The second-order valence-electron chi connectivity index (χ2n) is 6.31. The van der Waals surface area contributed by atoms with Crippen LogP contribution in [0.2, 0.25) is 0 Å². The van der Waals surface area contributed by atoms with Crippen molar-refractivity contribution in [1.29, 1.82) is 0 Å². The minimum absolute atomic E-state index is 0.0403. The van der Waals surface area contributed by atoms with Crippen LogP contribution in [0.15, 0.2) is 47.3 Å². The summed E-state index contributed by atoms with van der Waals surface area (Å²) < 4.78 is 0. The van der Waals surface area contributed by atoms with Gasteiger partial charge in [0.15, 0.2) is 0 Å². The van der Waals surface area contributed by atoms with Gasteiger partial charge in [-0.05, 0) is 48.3 Å². The minimum atomic E-state index is -0.103. The molecule has 2 aromatic heterocycles. The molecule has 3 aromatic rings. The molecule has 1 atom stereocenters. The molecule has 122 valence electrons. The number of nitrogens with zero attached hydrogens (tertiary/aromatic N) is 1. The van der Waals surface area contributed by atoms with Crippen molar-refractivity contribution in [2.24, 2.45) is 0 Å². The van der Waals surface area contributed by atoms with Gasteiger partial charge in [-0.15, -0.1) is 0 Å². The van der Waals surface area contributed by atoms with E-state index in [0.717, 1.165) is 16.8 Å². The lowest BCUT2D eigenvalue weighted by molar-refractivity contribution is 0.0940. The van der Waals surface area contributed by atoms with E-state index in [-0.39, 0.29) is 11.9 Å². The third-order valence-corrected chi connectivity index (χ3v) is 5.18. The highest BCUT2D eigenvalue weighted by atomic mass is 32.1. The predicted molar refractivity (Wildman–Crippen MR) is 96.2 cm³/mol. The molecule has 1 aliphatic rings. The highest BCUT2D eigenvalue weighted by Gasteiger charge is 2.24. The molecule has 1 saturated carbocycles. The highest BCUT2D eigenvalue weighted by molar-refractivity contribution is 7.08. The van der Waals surface area contributed by atoms with E-state index in [1.165, 1.54) is 18.4 Å². The van der Waals surface area contributed by atoms with Gasteiger partial charge in [-0.1, -0.05) is 24.3 Å². The zero-order valence-electron chi connectivity index (χ0n) is 13.5. The number of carbonyl (C=O) groups excluding carboxylic acids is 1.